The number of hydrogen-bond acceptors (Lipinski definition) is 4. The molecule has 0 aromatic heterocycles. The zero-order valence-electron chi connectivity index (χ0n) is 6.81. The monoisotopic (exact) mass is 173 g/mol. The molecule has 5 nitrogen and oxygen atoms in total. The first-order chi connectivity index (χ1) is 5.52. The summed E-state index contributed by atoms with van der Waals surface area (Å²) < 4.78 is 0. The molecule has 0 aromatic rings. The molecule has 4 atom stereocenters. The topological polar surface area (TPSA) is 115 Å². The van der Waals surface area contributed by atoms with Crippen molar-refractivity contribution in [2.24, 2.45) is 23.1 Å². The van der Waals surface area contributed by atoms with E-state index >= 15 is 0 Å². The van der Waals surface area contributed by atoms with Gasteiger partial charge in [0.1, 0.15) is 0 Å². The summed E-state index contributed by atoms with van der Waals surface area (Å²) in [7, 11) is 0. The van der Waals surface area contributed by atoms with Crippen LogP contribution in [-0.2, 0) is 4.79 Å². The number of rotatable bonds is 1. The van der Waals surface area contributed by atoms with Gasteiger partial charge in [0.05, 0.1) is 12.0 Å². The Morgan fingerprint density at radius 1 is 1.25 bits per heavy atom. The van der Waals surface area contributed by atoms with E-state index in [4.69, 9.17) is 17.2 Å². The molecule has 1 aliphatic rings. The Balaban J connectivity index is 2.61. The maximum atomic E-state index is 10.8. The highest BCUT2D eigenvalue weighted by molar-refractivity contribution is 5.77. The number of carbonyl (C=O) groups is 1. The lowest BCUT2D eigenvalue weighted by atomic mass is 9.80. The van der Waals surface area contributed by atoms with Gasteiger partial charge in [0.2, 0.25) is 5.91 Å². The molecule has 0 spiro atoms. The van der Waals surface area contributed by atoms with Gasteiger partial charge in [-0.25, -0.2) is 0 Å². The fourth-order valence-electron chi connectivity index (χ4n) is 1.57. The van der Waals surface area contributed by atoms with Crippen molar-refractivity contribution in [3.8, 4) is 0 Å². The first-order valence-corrected chi connectivity index (χ1v) is 4.01. The lowest BCUT2D eigenvalue weighted by Crippen LogP contribution is -2.53. The molecule has 0 unspecified atom stereocenters. The third-order valence-corrected chi connectivity index (χ3v) is 2.42. The third kappa shape index (κ3) is 1.74. The van der Waals surface area contributed by atoms with Crippen LogP contribution in [0.5, 0.6) is 0 Å². The maximum absolute atomic E-state index is 10.8. The van der Waals surface area contributed by atoms with E-state index in [9.17, 15) is 9.90 Å². The second-order valence-corrected chi connectivity index (χ2v) is 3.38. The van der Waals surface area contributed by atoms with E-state index in [0.717, 1.165) is 0 Å². The molecular formula is C7H15N3O2. The molecule has 0 radical (unpaired) electrons. The Morgan fingerprint density at radius 3 is 2.33 bits per heavy atom. The summed E-state index contributed by atoms with van der Waals surface area (Å²) in [5, 5.41) is 9.33. The van der Waals surface area contributed by atoms with Crippen molar-refractivity contribution >= 4 is 5.91 Å². The van der Waals surface area contributed by atoms with Crippen molar-refractivity contribution in [3.05, 3.63) is 0 Å². The minimum atomic E-state index is -0.651. The average molecular weight is 173 g/mol. The number of amides is 1. The Kier molecular flexibility index (Phi) is 2.66. The Hall–Kier alpha value is -0.650. The minimum absolute atomic E-state index is 0.289. The van der Waals surface area contributed by atoms with E-state index in [-0.39, 0.29) is 18.5 Å². The number of aliphatic hydroxyl groups is 1. The standard InChI is InChI=1S/C7H15N3O2/c8-4-2-5(9)6(11)1-3(4)7(10)12/h3-6,11H,1-2,8-9H2,(H2,10,12)/t3-,4-,5+,6+/m0/s1. The number of primary amides is 1. The van der Waals surface area contributed by atoms with Gasteiger partial charge >= 0.3 is 0 Å². The van der Waals surface area contributed by atoms with Crippen LogP contribution in [0.25, 0.3) is 0 Å². The molecule has 12 heavy (non-hydrogen) atoms. The summed E-state index contributed by atoms with van der Waals surface area (Å²) >= 11 is 0. The van der Waals surface area contributed by atoms with Gasteiger partial charge in [-0.1, -0.05) is 0 Å². The van der Waals surface area contributed by atoms with Crippen LogP contribution in [0.4, 0.5) is 0 Å². The lowest BCUT2D eigenvalue weighted by molar-refractivity contribution is -0.124. The minimum Gasteiger partial charge on any atom is -0.391 e. The third-order valence-electron chi connectivity index (χ3n) is 2.42. The summed E-state index contributed by atoms with van der Waals surface area (Å²) in [5.41, 5.74) is 16.3. The average Bonchev–Trinajstić information content (AvgIpc) is 1.96. The summed E-state index contributed by atoms with van der Waals surface area (Å²) in [6.45, 7) is 0. The SMILES string of the molecule is NC(=O)[C@H]1C[C@@H](O)[C@H](N)C[C@@H]1N. The van der Waals surface area contributed by atoms with Crippen LogP contribution in [0.3, 0.4) is 0 Å². The summed E-state index contributed by atoms with van der Waals surface area (Å²) in [4.78, 5) is 10.8. The zero-order chi connectivity index (χ0) is 9.30. The van der Waals surface area contributed by atoms with Crippen molar-refractivity contribution in [3.63, 3.8) is 0 Å². The molecule has 1 fully saturated rings. The molecule has 1 aliphatic carbocycles. The second kappa shape index (κ2) is 3.38. The van der Waals surface area contributed by atoms with Crippen LogP contribution in [0.2, 0.25) is 0 Å². The van der Waals surface area contributed by atoms with E-state index in [1.807, 2.05) is 0 Å². The van der Waals surface area contributed by atoms with Gasteiger partial charge in [-0.2, -0.15) is 0 Å². The van der Waals surface area contributed by atoms with E-state index in [0.29, 0.717) is 6.42 Å². The van der Waals surface area contributed by atoms with Crippen molar-refractivity contribution in [1.29, 1.82) is 0 Å². The van der Waals surface area contributed by atoms with Crippen molar-refractivity contribution < 1.29 is 9.90 Å². The van der Waals surface area contributed by atoms with E-state index in [1.165, 1.54) is 0 Å². The highest BCUT2D eigenvalue weighted by Gasteiger charge is 2.35. The number of carbonyl (C=O) groups excluding carboxylic acids is 1. The maximum Gasteiger partial charge on any atom is 0.222 e. The summed E-state index contributed by atoms with van der Waals surface area (Å²) in [6.07, 6.45) is 0.0919. The Labute approximate surface area is 70.9 Å². The Morgan fingerprint density at radius 2 is 1.83 bits per heavy atom. The summed E-state index contributed by atoms with van der Waals surface area (Å²) in [5.74, 6) is -0.881. The lowest BCUT2D eigenvalue weighted by Gasteiger charge is -2.33. The molecule has 0 bridgehead atoms. The van der Waals surface area contributed by atoms with Crippen molar-refractivity contribution in [2.45, 2.75) is 31.0 Å². The van der Waals surface area contributed by atoms with Gasteiger partial charge in [0.15, 0.2) is 0 Å². The van der Waals surface area contributed by atoms with E-state index in [2.05, 4.69) is 0 Å². The normalized spacial score (nSPS) is 42.6. The van der Waals surface area contributed by atoms with Crippen LogP contribution >= 0.6 is 0 Å². The summed E-state index contributed by atoms with van der Waals surface area (Å²) in [6, 6.07) is -0.628. The van der Waals surface area contributed by atoms with Gasteiger partial charge in [0, 0.05) is 12.1 Å². The van der Waals surface area contributed by atoms with E-state index in [1.54, 1.807) is 0 Å². The molecule has 7 N–H and O–H groups in total. The number of nitrogens with two attached hydrogens (primary N) is 3. The first-order valence-electron chi connectivity index (χ1n) is 4.01. The molecule has 1 rings (SSSR count). The quantitative estimate of drug-likeness (QED) is 0.363. The Bertz CT molecular complexity index is 185. The van der Waals surface area contributed by atoms with Crippen LogP contribution in [0, 0.1) is 5.92 Å². The molecule has 0 aliphatic heterocycles. The molecule has 1 amide bonds. The van der Waals surface area contributed by atoms with Gasteiger partial charge in [0.25, 0.3) is 0 Å². The fraction of sp³-hybridized carbons (Fsp3) is 0.857. The van der Waals surface area contributed by atoms with Gasteiger partial charge in [-0.15, -0.1) is 0 Å². The van der Waals surface area contributed by atoms with Gasteiger partial charge in [-0.3, -0.25) is 4.79 Å². The molecule has 0 aromatic carbocycles. The molecule has 1 saturated carbocycles. The smallest absolute Gasteiger partial charge is 0.222 e. The molecule has 5 heteroatoms. The van der Waals surface area contributed by atoms with Crippen LogP contribution in [-0.4, -0.2) is 29.2 Å². The van der Waals surface area contributed by atoms with E-state index < -0.39 is 17.9 Å². The van der Waals surface area contributed by atoms with Crippen LogP contribution in [0.15, 0.2) is 0 Å². The largest absolute Gasteiger partial charge is 0.391 e. The number of aliphatic hydroxyl groups excluding tert-OH is 1. The van der Waals surface area contributed by atoms with Crippen LogP contribution < -0.4 is 17.2 Å². The highest BCUT2D eigenvalue weighted by Crippen LogP contribution is 2.22. The fourth-order valence-corrected chi connectivity index (χ4v) is 1.57. The van der Waals surface area contributed by atoms with Crippen molar-refractivity contribution in [2.75, 3.05) is 0 Å². The molecule has 70 valence electrons. The zero-order valence-corrected chi connectivity index (χ0v) is 6.81. The molecule has 0 heterocycles. The van der Waals surface area contributed by atoms with Crippen LogP contribution in [0.1, 0.15) is 12.8 Å². The number of hydrogen-bond donors (Lipinski definition) is 4. The highest BCUT2D eigenvalue weighted by atomic mass is 16.3. The molecule has 0 saturated heterocycles. The first kappa shape index (κ1) is 9.44. The molecular weight excluding hydrogens is 158 g/mol. The second-order valence-electron chi connectivity index (χ2n) is 3.38. The van der Waals surface area contributed by atoms with Gasteiger partial charge in [-0.05, 0) is 12.8 Å². The predicted molar refractivity (Wildman–Crippen MR) is 43.9 cm³/mol. The predicted octanol–water partition coefficient (Wildman–Crippen LogP) is -2.10. The van der Waals surface area contributed by atoms with Crippen molar-refractivity contribution in [1.82, 2.24) is 0 Å². The van der Waals surface area contributed by atoms with Gasteiger partial charge < -0.3 is 22.3 Å².